The summed E-state index contributed by atoms with van der Waals surface area (Å²) in [4.78, 5) is 0. The molecule has 24 heavy (non-hydrogen) atoms. The summed E-state index contributed by atoms with van der Waals surface area (Å²) in [5.74, 6) is 1.58. The van der Waals surface area contributed by atoms with Crippen molar-refractivity contribution in [3.8, 4) is 17.1 Å². The van der Waals surface area contributed by atoms with Gasteiger partial charge < -0.3 is 4.74 Å². The molecule has 2 aromatic carbocycles. The number of methoxy groups -OCH3 is 1. The van der Waals surface area contributed by atoms with Crippen LogP contribution in [0, 0.1) is 0 Å². The molecule has 0 radical (unpaired) electrons. The van der Waals surface area contributed by atoms with Crippen LogP contribution >= 0.6 is 27.7 Å². The Hall–Kier alpha value is -2.25. The first-order chi connectivity index (χ1) is 11.7. The third-order valence-electron chi connectivity index (χ3n) is 3.63. The number of fused-ring (bicyclic) bond motifs is 1. The summed E-state index contributed by atoms with van der Waals surface area (Å²) in [5, 5.41) is 11.4. The fourth-order valence-electron chi connectivity index (χ4n) is 2.42. The van der Waals surface area contributed by atoms with Crippen LogP contribution in [0.4, 0.5) is 0 Å². The van der Waals surface area contributed by atoms with Crippen molar-refractivity contribution in [2.24, 2.45) is 0 Å². The van der Waals surface area contributed by atoms with Gasteiger partial charge in [-0.3, -0.25) is 5.43 Å². The van der Waals surface area contributed by atoms with Gasteiger partial charge in [0.2, 0.25) is 5.16 Å². The fraction of sp³-hybridized carbons (Fsp3) is 0.0588. The van der Waals surface area contributed by atoms with Crippen LogP contribution in [-0.2, 0) is 0 Å². The van der Waals surface area contributed by atoms with Crippen molar-refractivity contribution in [1.29, 1.82) is 0 Å². The third kappa shape index (κ3) is 2.81. The maximum Gasteiger partial charge on any atom is 0.214 e. The third-order valence-corrected chi connectivity index (χ3v) is 4.95. The SMILES string of the molecule is COc1ccc(-c2nnc3n2NC(c2cccc(Br)c2)=CS3)cc1. The zero-order valence-electron chi connectivity index (χ0n) is 12.7. The summed E-state index contributed by atoms with van der Waals surface area (Å²) in [5.41, 5.74) is 6.46. The van der Waals surface area contributed by atoms with Crippen LogP contribution in [0.15, 0.2) is 63.6 Å². The first-order valence-electron chi connectivity index (χ1n) is 7.24. The molecule has 0 bridgehead atoms. The van der Waals surface area contributed by atoms with E-state index in [0.29, 0.717) is 0 Å². The quantitative estimate of drug-likeness (QED) is 0.707. The van der Waals surface area contributed by atoms with Crippen molar-refractivity contribution in [1.82, 2.24) is 14.9 Å². The van der Waals surface area contributed by atoms with Gasteiger partial charge in [0.1, 0.15) is 5.75 Å². The number of nitrogens with one attached hydrogen (secondary N) is 1. The monoisotopic (exact) mass is 400 g/mol. The molecule has 0 amide bonds. The second-order valence-electron chi connectivity index (χ2n) is 5.14. The molecule has 1 aromatic heterocycles. The number of benzene rings is 2. The highest BCUT2D eigenvalue weighted by Gasteiger charge is 2.19. The maximum atomic E-state index is 5.21. The van der Waals surface area contributed by atoms with Gasteiger partial charge in [-0.1, -0.05) is 39.8 Å². The molecule has 4 rings (SSSR count). The summed E-state index contributed by atoms with van der Waals surface area (Å²) in [7, 11) is 1.65. The van der Waals surface area contributed by atoms with E-state index in [1.807, 2.05) is 46.5 Å². The molecule has 0 unspecified atom stereocenters. The summed E-state index contributed by atoms with van der Waals surface area (Å²) in [6, 6.07) is 15.9. The zero-order valence-corrected chi connectivity index (χ0v) is 15.1. The lowest BCUT2D eigenvalue weighted by molar-refractivity contribution is 0.415. The predicted octanol–water partition coefficient (Wildman–Crippen LogP) is 4.36. The highest BCUT2D eigenvalue weighted by molar-refractivity contribution is 9.10. The second kappa shape index (κ2) is 6.33. The first kappa shape index (κ1) is 15.3. The van der Waals surface area contributed by atoms with Crippen LogP contribution in [0.25, 0.3) is 17.1 Å². The smallest absolute Gasteiger partial charge is 0.214 e. The lowest BCUT2D eigenvalue weighted by atomic mass is 10.2. The Morgan fingerprint density at radius 2 is 1.92 bits per heavy atom. The van der Waals surface area contributed by atoms with Gasteiger partial charge in [0, 0.05) is 21.0 Å². The van der Waals surface area contributed by atoms with E-state index in [-0.39, 0.29) is 0 Å². The van der Waals surface area contributed by atoms with Crippen LogP contribution in [0.1, 0.15) is 5.56 Å². The van der Waals surface area contributed by atoms with E-state index in [2.05, 4.69) is 43.7 Å². The number of thioether (sulfide) groups is 1. The summed E-state index contributed by atoms with van der Waals surface area (Å²) < 4.78 is 8.15. The number of hydrogen-bond donors (Lipinski definition) is 1. The summed E-state index contributed by atoms with van der Waals surface area (Å²) in [6.45, 7) is 0. The van der Waals surface area contributed by atoms with Crippen LogP contribution in [0.2, 0.25) is 0 Å². The van der Waals surface area contributed by atoms with Crippen LogP contribution in [0.5, 0.6) is 5.75 Å². The largest absolute Gasteiger partial charge is 0.497 e. The van der Waals surface area contributed by atoms with E-state index < -0.39 is 0 Å². The van der Waals surface area contributed by atoms with Gasteiger partial charge in [-0.05, 0) is 36.4 Å². The molecule has 0 saturated heterocycles. The van der Waals surface area contributed by atoms with Crippen LogP contribution in [0.3, 0.4) is 0 Å². The zero-order chi connectivity index (χ0) is 16.5. The Kier molecular flexibility index (Phi) is 4.03. The maximum absolute atomic E-state index is 5.21. The van der Waals surface area contributed by atoms with Gasteiger partial charge in [0.05, 0.1) is 12.8 Å². The van der Waals surface area contributed by atoms with Gasteiger partial charge in [0.15, 0.2) is 5.82 Å². The van der Waals surface area contributed by atoms with E-state index in [9.17, 15) is 0 Å². The average molecular weight is 401 g/mol. The molecule has 0 atom stereocenters. The van der Waals surface area contributed by atoms with Crippen molar-refractivity contribution in [3.63, 3.8) is 0 Å². The summed E-state index contributed by atoms with van der Waals surface area (Å²) in [6.07, 6.45) is 0. The number of ether oxygens (including phenoxy) is 1. The van der Waals surface area contributed by atoms with E-state index >= 15 is 0 Å². The molecule has 0 saturated carbocycles. The van der Waals surface area contributed by atoms with Crippen molar-refractivity contribution < 1.29 is 4.74 Å². The molecule has 0 spiro atoms. The highest BCUT2D eigenvalue weighted by atomic mass is 79.9. The van der Waals surface area contributed by atoms with E-state index in [1.165, 1.54) is 0 Å². The molecule has 0 aliphatic carbocycles. The van der Waals surface area contributed by atoms with Crippen molar-refractivity contribution in [3.05, 3.63) is 64.0 Å². The lowest BCUT2D eigenvalue weighted by Crippen LogP contribution is -2.18. The molecule has 3 aromatic rings. The fourth-order valence-corrected chi connectivity index (χ4v) is 3.56. The average Bonchev–Trinajstić information content (AvgIpc) is 3.05. The molecule has 2 heterocycles. The highest BCUT2D eigenvalue weighted by Crippen LogP contribution is 2.32. The number of hydrogen-bond acceptors (Lipinski definition) is 5. The van der Waals surface area contributed by atoms with E-state index in [1.54, 1.807) is 18.9 Å². The van der Waals surface area contributed by atoms with Crippen LogP contribution < -0.4 is 10.2 Å². The van der Waals surface area contributed by atoms with Gasteiger partial charge >= 0.3 is 0 Å². The minimum atomic E-state index is 0.765. The molecule has 120 valence electrons. The predicted molar refractivity (Wildman–Crippen MR) is 99.3 cm³/mol. The first-order valence-corrected chi connectivity index (χ1v) is 8.91. The topological polar surface area (TPSA) is 52.0 Å². The Labute approximate surface area is 151 Å². The van der Waals surface area contributed by atoms with Gasteiger partial charge in [-0.25, -0.2) is 4.68 Å². The molecule has 5 nitrogen and oxygen atoms in total. The number of aromatic nitrogens is 3. The number of halogens is 1. The molecular weight excluding hydrogens is 388 g/mol. The molecule has 1 N–H and O–H groups in total. The van der Waals surface area contributed by atoms with Crippen molar-refractivity contribution in [2.75, 3.05) is 12.5 Å². The van der Waals surface area contributed by atoms with E-state index in [4.69, 9.17) is 4.74 Å². The van der Waals surface area contributed by atoms with Gasteiger partial charge in [-0.15, -0.1) is 10.2 Å². The lowest BCUT2D eigenvalue weighted by Gasteiger charge is -2.19. The van der Waals surface area contributed by atoms with Gasteiger partial charge in [-0.2, -0.15) is 0 Å². The number of nitrogens with zero attached hydrogens (tertiary/aromatic N) is 3. The second-order valence-corrected chi connectivity index (χ2v) is 6.89. The Morgan fingerprint density at radius 1 is 1.08 bits per heavy atom. The Bertz CT molecular complexity index is 921. The minimum absolute atomic E-state index is 0.765. The molecular formula is C17H13BrN4OS. The molecule has 7 heteroatoms. The molecule has 1 aliphatic heterocycles. The summed E-state index contributed by atoms with van der Waals surface area (Å²) >= 11 is 5.06. The molecule has 0 fully saturated rings. The van der Waals surface area contributed by atoms with Crippen molar-refractivity contribution >= 4 is 33.4 Å². The standard InChI is InChI=1S/C17H13BrN4OS/c1-23-14-7-5-11(6-8-14)16-19-20-17-22(16)21-15(10-24-17)12-3-2-4-13(18)9-12/h2-10,21H,1H3. The normalized spacial score (nSPS) is 13.0. The molecule has 1 aliphatic rings. The van der Waals surface area contributed by atoms with Crippen LogP contribution in [-0.4, -0.2) is 22.0 Å². The Balaban J connectivity index is 1.68. The Morgan fingerprint density at radius 3 is 2.67 bits per heavy atom. The number of rotatable bonds is 3. The van der Waals surface area contributed by atoms with E-state index in [0.717, 1.165) is 38.0 Å². The minimum Gasteiger partial charge on any atom is -0.497 e. The van der Waals surface area contributed by atoms with Gasteiger partial charge in [0.25, 0.3) is 0 Å². The van der Waals surface area contributed by atoms with Crippen molar-refractivity contribution in [2.45, 2.75) is 5.16 Å².